The van der Waals surface area contributed by atoms with Crippen molar-refractivity contribution >= 4 is 21.6 Å². The summed E-state index contributed by atoms with van der Waals surface area (Å²) in [6.45, 7) is 4.29. The maximum absolute atomic E-state index is 5.49. The summed E-state index contributed by atoms with van der Waals surface area (Å²) in [5.41, 5.74) is 3.84. The fraction of sp³-hybridized carbons (Fsp3) is 0.600. The SMILES string of the molecule is COC1CCCC(Nc2c(C)cc(C)cc2Br)C1. The molecular weight excluding hydrogens is 290 g/mol. The number of aryl methyl sites for hydroxylation is 2. The van der Waals surface area contributed by atoms with Gasteiger partial charge < -0.3 is 10.1 Å². The largest absolute Gasteiger partial charge is 0.381 e. The van der Waals surface area contributed by atoms with Crippen molar-refractivity contribution in [2.45, 2.75) is 51.7 Å². The average molecular weight is 312 g/mol. The van der Waals surface area contributed by atoms with Gasteiger partial charge in [-0.15, -0.1) is 0 Å². The van der Waals surface area contributed by atoms with Crippen molar-refractivity contribution in [3.63, 3.8) is 0 Å². The number of hydrogen-bond donors (Lipinski definition) is 1. The van der Waals surface area contributed by atoms with Crippen molar-refractivity contribution < 1.29 is 4.74 Å². The van der Waals surface area contributed by atoms with E-state index in [9.17, 15) is 0 Å². The average Bonchev–Trinajstić information content (AvgIpc) is 2.34. The molecule has 0 bridgehead atoms. The molecule has 2 unspecified atom stereocenters. The lowest BCUT2D eigenvalue weighted by Crippen LogP contribution is -2.31. The molecule has 1 aliphatic rings. The molecule has 2 rings (SSSR count). The van der Waals surface area contributed by atoms with E-state index in [1.54, 1.807) is 0 Å². The maximum atomic E-state index is 5.49. The van der Waals surface area contributed by atoms with Crippen LogP contribution in [-0.2, 0) is 4.74 Å². The number of anilines is 1. The lowest BCUT2D eigenvalue weighted by Gasteiger charge is -2.30. The van der Waals surface area contributed by atoms with Crippen LogP contribution in [-0.4, -0.2) is 19.3 Å². The van der Waals surface area contributed by atoms with Gasteiger partial charge in [-0.25, -0.2) is 0 Å². The molecule has 3 heteroatoms. The molecule has 1 aliphatic carbocycles. The van der Waals surface area contributed by atoms with E-state index in [1.807, 2.05) is 7.11 Å². The lowest BCUT2D eigenvalue weighted by molar-refractivity contribution is 0.0669. The predicted molar refractivity (Wildman–Crippen MR) is 80.3 cm³/mol. The molecule has 0 aliphatic heterocycles. The van der Waals surface area contributed by atoms with E-state index in [4.69, 9.17) is 4.74 Å². The zero-order valence-corrected chi connectivity index (χ0v) is 13.0. The Kier molecular flexibility index (Phi) is 4.68. The van der Waals surface area contributed by atoms with Gasteiger partial charge in [0.05, 0.1) is 11.8 Å². The topological polar surface area (TPSA) is 21.3 Å². The van der Waals surface area contributed by atoms with Crippen LogP contribution in [0.15, 0.2) is 16.6 Å². The summed E-state index contributed by atoms with van der Waals surface area (Å²) in [6.07, 6.45) is 5.21. The molecule has 0 radical (unpaired) electrons. The molecule has 0 saturated heterocycles. The van der Waals surface area contributed by atoms with E-state index >= 15 is 0 Å². The van der Waals surface area contributed by atoms with Gasteiger partial charge in [-0.05, 0) is 72.7 Å². The molecule has 0 aromatic heterocycles. The van der Waals surface area contributed by atoms with Gasteiger partial charge in [0.15, 0.2) is 0 Å². The van der Waals surface area contributed by atoms with Gasteiger partial charge in [-0.2, -0.15) is 0 Å². The Bertz CT molecular complexity index is 396. The minimum atomic E-state index is 0.417. The second-order valence-corrected chi connectivity index (χ2v) is 6.16. The Morgan fingerprint density at radius 2 is 2.06 bits per heavy atom. The van der Waals surface area contributed by atoms with Crippen LogP contribution < -0.4 is 5.32 Å². The standard InChI is InChI=1S/C15H22BrNO/c1-10-7-11(2)15(14(16)8-10)17-12-5-4-6-13(9-12)18-3/h7-8,12-13,17H,4-6,9H2,1-3H3. The summed E-state index contributed by atoms with van der Waals surface area (Å²) < 4.78 is 6.65. The van der Waals surface area contributed by atoms with Crippen molar-refractivity contribution in [1.82, 2.24) is 0 Å². The fourth-order valence-electron chi connectivity index (χ4n) is 2.79. The van der Waals surface area contributed by atoms with Gasteiger partial charge >= 0.3 is 0 Å². The fourth-order valence-corrected chi connectivity index (χ4v) is 3.58. The molecule has 1 N–H and O–H groups in total. The highest BCUT2D eigenvalue weighted by Gasteiger charge is 2.22. The molecule has 0 heterocycles. The van der Waals surface area contributed by atoms with Gasteiger partial charge in [-0.1, -0.05) is 6.07 Å². The quantitative estimate of drug-likeness (QED) is 0.891. The summed E-state index contributed by atoms with van der Waals surface area (Å²) >= 11 is 3.66. The van der Waals surface area contributed by atoms with Crippen LogP contribution in [0.1, 0.15) is 36.8 Å². The molecule has 1 aromatic carbocycles. The van der Waals surface area contributed by atoms with E-state index in [1.165, 1.54) is 40.5 Å². The highest BCUT2D eigenvalue weighted by molar-refractivity contribution is 9.10. The molecular formula is C15H22BrNO. The first kappa shape index (κ1) is 13.9. The molecule has 0 amide bonds. The first-order valence-corrected chi connectivity index (χ1v) is 7.45. The summed E-state index contributed by atoms with van der Waals surface area (Å²) in [4.78, 5) is 0. The molecule has 1 fully saturated rings. The minimum Gasteiger partial charge on any atom is -0.381 e. The third kappa shape index (κ3) is 3.27. The van der Waals surface area contributed by atoms with Crippen molar-refractivity contribution in [3.8, 4) is 0 Å². The van der Waals surface area contributed by atoms with Gasteiger partial charge in [0.25, 0.3) is 0 Å². The van der Waals surface area contributed by atoms with Crippen LogP contribution >= 0.6 is 15.9 Å². The highest BCUT2D eigenvalue weighted by atomic mass is 79.9. The molecule has 1 aromatic rings. The minimum absolute atomic E-state index is 0.417. The molecule has 2 atom stereocenters. The zero-order chi connectivity index (χ0) is 13.1. The lowest BCUT2D eigenvalue weighted by atomic mass is 9.92. The zero-order valence-electron chi connectivity index (χ0n) is 11.4. The van der Waals surface area contributed by atoms with Crippen LogP contribution in [0, 0.1) is 13.8 Å². The third-order valence-electron chi connectivity index (χ3n) is 3.74. The number of rotatable bonds is 3. The van der Waals surface area contributed by atoms with E-state index < -0.39 is 0 Å². The number of benzene rings is 1. The van der Waals surface area contributed by atoms with E-state index in [0.717, 1.165) is 6.42 Å². The smallest absolute Gasteiger partial charge is 0.0590 e. The predicted octanol–water partition coefficient (Wildman–Crippen LogP) is 4.44. The van der Waals surface area contributed by atoms with Gasteiger partial charge in [0.1, 0.15) is 0 Å². The molecule has 2 nitrogen and oxygen atoms in total. The Hall–Kier alpha value is -0.540. The molecule has 1 saturated carbocycles. The Balaban J connectivity index is 2.09. The molecule has 0 spiro atoms. The first-order valence-electron chi connectivity index (χ1n) is 6.66. The second kappa shape index (κ2) is 6.07. The van der Waals surface area contributed by atoms with Crippen LogP contribution in [0.5, 0.6) is 0 Å². The van der Waals surface area contributed by atoms with Gasteiger partial charge in [0.2, 0.25) is 0 Å². The maximum Gasteiger partial charge on any atom is 0.0590 e. The van der Waals surface area contributed by atoms with Gasteiger partial charge in [-0.3, -0.25) is 0 Å². The Morgan fingerprint density at radius 3 is 2.72 bits per heavy atom. The third-order valence-corrected chi connectivity index (χ3v) is 4.37. The number of methoxy groups -OCH3 is 1. The van der Waals surface area contributed by atoms with Crippen LogP contribution in [0.4, 0.5) is 5.69 Å². The summed E-state index contributed by atoms with van der Waals surface area (Å²) in [7, 11) is 1.82. The first-order chi connectivity index (χ1) is 8.60. The van der Waals surface area contributed by atoms with Gasteiger partial charge in [0, 0.05) is 17.6 Å². The number of hydrogen-bond acceptors (Lipinski definition) is 2. The van der Waals surface area contributed by atoms with Crippen molar-refractivity contribution in [3.05, 3.63) is 27.7 Å². The molecule has 100 valence electrons. The van der Waals surface area contributed by atoms with Crippen LogP contribution in [0.2, 0.25) is 0 Å². The Labute approximate surface area is 118 Å². The number of ether oxygens (including phenoxy) is 1. The van der Waals surface area contributed by atoms with E-state index in [2.05, 4.69) is 47.2 Å². The van der Waals surface area contributed by atoms with Crippen LogP contribution in [0.25, 0.3) is 0 Å². The Morgan fingerprint density at radius 1 is 1.28 bits per heavy atom. The second-order valence-electron chi connectivity index (χ2n) is 5.30. The summed E-state index contributed by atoms with van der Waals surface area (Å²) in [5.74, 6) is 0. The van der Waals surface area contributed by atoms with Crippen molar-refractivity contribution in [1.29, 1.82) is 0 Å². The highest BCUT2D eigenvalue weighted by Crippen LogP contribution is 2.31. The number of nitrogens with one attached hydrogen (secondary N) is 1. The normalized spacial score (nSPS) is 24.0. The monoisotopic (exact) mass is 311 g/mol. The van der Waals surface area contributed by atoms with Crippen molar-refractivity contribution in [2.75, 3.05) is 12.4 Å². The van der Waals surface area contributed by atoms with Crippen molar-refractivity contribution in [2.24, 2.45) is 0 Å². The van der Waals surface area contributed by atoms with Crippen LogP contribution in [0.3, 0.4) is 0 Å². The summed E-state index contributed by atoms with van der Waals surface area (Å²) in [5, 5.41) is 3.68. The molecule has 18 heavy (non-hydrogen) atoms. The van der Waals surface area contributed by atoms with E-state index in [0.29, 0.717) is 12.1 Å². The number of halogens is 1. The summed E-state index contributed by atoms with van der Waals surface area (Å²) in [6, 6.07) is 4.93. The van der Waals surface area contributed by atoms with E-state index in [-0.39, 0.29) is 0 Å².